The van der Waals surface area contributed by atoms with Crippen LogP contribution in [0.1, 0.15) is 60.3 Å². The summed E-state index contributed by atoms with van der Waals surface area (Å²) in [6, 6.07) is 25.6. The first-order chi connectivity index (χ1) is 21.1. The van der Waals surface area contributed by atoms with Crippen LogP contribution >= 0.6 is 0 Å². The lowest BCUT2D eigenvalue weighted by Crippen LogP contribution is -2.39. The number of aromatic hydroxyl groups is 1. The molecule has 2 unspecified atom stereocenters. The van der Waals surface area contributed by atoms with E-state index in [2.05, 4.69) is 76.1 Å². The molecule has 0 spiro atoms. The number of ether oxygens (including phenoxy) is 1. The molecule has 0 fully saturated rings. The highest BCUT2D eigenvalue weighted by Crippen LogP contribution is 2.32. The van der Waals surface area contributed by atoms with Gasteiger partial charge in [-0.15, -0.1) is 0 Å². The van der Waals surface area contributed by atoms with Gasteiger partial charge in [0.15, 0.2) is 0 Å². The molecule has 2 aliphatic rings. The molecule has 6 rings (SSSR count). The highest BCUT2D eigenvalue weighted by molar-refractivity contribution is 5.43. The summed E-state index contributed by atoms with van der Waals surface area (Å²) in [6.07, 6.45) is 10.3. The van der Waals surface area contributed by atoms with E-state index in [1.54, 1.807) is 13.2 Å². The Labute approximate surface area is 257 Å². The zero-order valence-corrected chi connectivity index (χ0v) is 26.0. The fraction of sp³-hybridized carbons (Fsp3) is 0.405. The molecule has 2 aromatic heterocycles. The molecule has 0 bridgehead atoms. The van der Waals surface area contributed by atoms with Crippen LogP contribution in [-0.2, 0) is 38.8 Å². The number of pyridine rings is 2. The Morgan fingerprint density at radius 3 is 1.74 bits per heavy atom. The molecule has 0 saturated carbocycles. The summed E-state index contributed by atoms with van der Waals surface area (Å²) in [7, 11) is 1.77. The summed E-state index contributed by atoms with van der Waals surface area (Å²) in [5, 5.41) is 10.1. The van der Waals surface area contributed by atoms with Crippen molar-refractivity contribution in [1.29, 1.82) is 0 Å². The number of likely N-dealkylation sites (N-methyl/N-ethyl adjacent to an activating group) is 2. The van der Waals surface area contributed by atoms with E-state index < -0.39 is 0 Å². The highest BCUT2D eigenvalue weighted by atomic mass is 16.5. The van der Waals surface area contributed by atoms with E-state index in [0.29, 0.717) is 17.8 Å². The molecular weight excluding hydrogens is 532 g/mol. The van der Waals surface area contributed by atoms with Crippen molar-refractivity contribution < 1.29 is 9.84 Å². The standard InChI is InChI=1S/C19H24N2O.C18H22N2O/c1-3-21(14-16-8-4-5-12-20-16)17-11-10-15-7-6-9-19(22-2)18(15)13-17;1-2-20(13-15-7-3-4-11-19-15)16-10-9-14-6-5-8-18(21)17(14)12-16/h4-9,12,17H,3,10-11,13-14H2,1-2H3;3-8,11,16,21H,2,9-10,12-13H2,1H3. The molecule has 1 N–H and O–H groups in total. The van der Waals surface area contributed by atoms with E-state index in [1.165, 1.54) is 23.1 Å². The first-order valence-electron chi connectivity index (χ1n) is 15.8. The van der Waals surface area contributed by atoms with E-state index >= 15 is 0 Å². The molecule has 2 aromatic carbocycles. The third-order valence-corrected chi connectivity index (χ3v) is 9.10. The summed E-state index contributed by atoms with van der Waals surface area (Å²) >= 11 is 0. The van der Waals surface area contributed by atoms with Crippen LogP contribution in [0, 0.1) is 0 Å². The summed E-state index contributed by atoms with van der Waals surface area (Å²) in [4.78, 5) is 13.9. The molecule has 2 heterocycles. The lowest BCUT2D eigenvalue weighted by molar-refractivity contribution is 0.177. The lowest BCUT2D eigenvalue weighted by atomic mass is 9.86. The average molecular weight is 579 g/mol. The first kappa shape index (κ1) is 30.7. The van der Waals surface area contributed by atoms with Crippen LogP contribution in [0.3, 0.4) is 0 Å². The third-order valence-electron chi connectivity index (χ3n) is 9.10. The Morgan fingerprint density at radius 2 is 1.23 bits per heavy atom. The molecule has 6 nitrogen and oxygen atoms in total. The van der Waals surface area contributed by atoms with Crippen molar-refractivity contribution in [2.45, 2.75) is 77.5 Å². The number of phenols is 1. The average Bonchev–Trinajstić information content (AvgIpc) is 3.07. The number of hydrogen-bond acceptors (Lipinski definition) is 6. The number of hydrogen-bond donors (Lipinski definition) is 1. The van der Waals surface area contributed by atoms with Crippen molar-refractivity contribution in [3.63, 3.8) is 0 Å². The van der Waals surface area contributed by atoms with Gasteiger partial charge in [0.25, 0.3) is 0 Å². The summed E-state index contributed by atoms with van der Waals surface area (Å²) < 4.78 is 5.56. The summed E-state index contributed by atoms with van der Waals surface area (Å²) in [5.74, 6) is 1.49. The number of nitrogens with zero attached hydrogens (tertiary/aromatic N) is 4. The largest absolute Gasteiger partial charge is 0.508 e. The SMILES string of the molecule is CCN(Cc1ccccn1)C1CCc2cccc(O)c2C1.CCN(Cc1ccccn1)C1CCc2cccc(OC)c2C1. The monoisotopic (exact) mass is 578 g/mol. The Morgan fingerprint density at radius 1 is 0.698 bits per heavy atom. The molecule has 2 atom stereocenters. The maximum atomic E-state index is 10.1. The van der Waals surface area contributed by atoms with Crippen molar-refractivity contribution >= 4 is 0 Å². The van der Waals surface area contributed by atoms with Gasteiger partial charge in [-0.1, -0.05) is 50.2 Å². The molecule has 226 valence electrons. The van der Waals surface area contributed by atoms with Gasteiger partial charge in [0.1, 0.15) is 11.5 Å². The molecule has 2 aliphatic carbocycles. The lowest BCUT2D eigenvalue weighted by Gasteiger charge is -2.34. The van der Waals surface area contributed by atoms with Gasteiger partial charge >= 0.3 is 0 Å². The van der Waals surface area contributed by atoms with Crippen LogP contribution in [0.15, 0.2) is 85.2 Å². The van der Waals surface area contributed by atoms with E-state index in [-0.39, 0.29) is 0 Å². The predicted octanol–water partition coefficient (Wildman–Crippen LogP) is 6.64. The molecule has 6 heteroatoms. The number of aryl methyl sites for hydroxylation is 2. The van der Waals surface area contributed by atoms with Gasteiger partial charge < -0.3 is 9.84 Å². The number of fused-ring (bicyclic) bond motifs is 2. The van der Waals surface area contributed by atoms with Gasteiger partial charge in [-0.3, -0.25) is 19.8 Å². The second-order valence-corrected chi connectivity index (χ2v) is 11.6. The zero-order chi connectivity index (χ0) is 30.0. The van der Waals surface area contributed by atoms with E-state index in [1.807, 2.05) is 36.7 Å². The molecular formula is C37H46N4O2. The number of phenolic OH excluding ortho intramolecular Hbond substituents is 1. The van der Waals surface area contributed by atoms with Crippen LogP contribution in [0.5, 0.6) is 11.5 Å². The van der Waals surface area contributed by atoms with Crippen LogP contribution in [0.2, 0.25) is 0 Å². The minimum absolute atomic E-state index is 0.450. The Bertz CT molecular complexity index is 1420. The molecule has 43 heavy (non-hydrogen) atoms. The van der Waals surface area contributed by atoms with Gasteiger partial charge in [0.2, 0.25) is 0 Å². The van der Waals surface area contributed by atoms with E-state index in [4.69, 9.17) is 4.74 Å². The van der Waals surface area contributed by atoms with Gasteiger partial charge in [0.05, 0.1) is 18.5 Å². The Hall–Kier alpha value is -3.74. The number of rotatable bonds is 9. The molecule has 0 aliphatic heterocycles. The van der Waals surface area contributed by atoms with Crippen LogP contribution in [0.4, 0.5) is 0 Å². The fourth-order valence-corrected chi connectivity index (χ4v) is 6.70. The Kier molecular flexibility index (Phi) is 10.8. The van der Waals surface area contributed by atoms with Crippen molar-refractivity contribution in [3.05, 3.63) is 119 Å². The quantitative estimate of drug-likeness (QED) is 0.240. The van der Waals surface area contributed by atoms with Crippen LogP contribution in [-0.4, -0.2) is 57.2 Å². The summed E-state index contributed by atoms with van der Waals surface area (Å²) in [5.41, 5.74) is 7.54. The topological polar surface area (TPSA) is 61.7 Å². The molecule has 0 saturated heterocycles. The zero-order valence-electron chi connectivity index (χ0n) is 26.0. The molecule has 0 radical (unpaired) electrons. The first-order valence-corrected chi connectivity index (χ1v) is 15.8. The van der Waals surface area contributed by atoms with Crippen molar-refractivity contribution in [3.8, 4) is 11.5 Å². The normalized spacial score (nSPS) is 17.5. The summed E-state index contributed by atoms with van der Waals surface area (Å²) in [6.45, 7) is 8.29. The van der Waals surface area contributed by atoms with Crippen LogP contribution in [0.25, 0.3) is 0 Å². The van der Waals surface area contributed by atoms with E-state index in [0.717, 1.165) is 81.0 Å². The van der Waals surface area contributed by atoms with Gasteiger partial charge in [-0.05, 0) is 110 Å². The van der Waals surface area contributed by atoms with Gasteiger partial charge in [-0.2, -0.15) is 0 Å². The van der Waals surface area contributed by atoms with Gasteiger partial charge in [-0.25, -0.2) is 0 Å². The third kappa shape index (κ3) is 7.81. The number of methoxy groups -OCH3 is 1. The predicted molar refractivity (Wildman–Crippen MR) is 173 cm³/mol. The Balaban J connectivity index is 0.000000171. The van der Waals surface area contributed by atoms with Crippen molar-refractivity contribution in [2.75, 3.05) is 20.2 Å². The second-order valence-electron chi connectivity index (χ2n) is 11.6. The minimum Gasteiger partial charge on any atom is -0.508 e. The van der Waals surface area contributed by atoms with Crippen molar-refractivity contribution in [1.82, 2.24) is 19.8 Å². The maximum Gasteiger partial charge on any atom is 0.122 e. The molecule has 4 aromatic rings. The minimum atomic E-state index is 0.450. The fourth-order valence-electron chi connectivity index (χ4n) is 6.70. The maximum absolute atomic E-state index is 10.1. The van der Waals surface area contributed by atoms with E-state index in [9.17, 15) is 5.11 Å². The number of benzene rings is 2. The highest BCUT2D eigenvalue weighted by Gasteiger charge is 2.27. The molecule has 0 amide bonds. The van der Waals surface area contributed by atoms with Gasteiger partial charge in [0, 0.05) is 37.6 Å². The smallest absolute Gasteiger partial charge is 0.122 e. The van der Waals surface area contributed by atoms with Crippen LogP contribution < -0.4 is 4.74 Å². The second kappa shape index (κ2) is 15.1. The van der Waals surface area contributed by atoms with Crippen molar-refractivity contribution in [2.24, 2.45) is 0 Å². The number of aromatic nitrogens is 2.